The van der Waals surface area contributed by atoms with Crippen LogP contribution in [0.1, 0.15) is 18.4 Å². The molecule has 10 heteroatoms. The van der Waals surface area contributed by atoms with E-state index in [1.165, 1.54) is 0 Å². The topological polar surface area (TPSA) is 58.1 Å². The van der Waals surface area contributed by atoms with Crippen LogP contribution in [-0.2, 0) is 11.0 Å². The number of rotatable bonds is 4. The minimum absolute atomic E-state index is 0.0871. The van der Waals surface area contributed by atoms with Crippen LogP contribution in [0.15, 0.2) is 47.8 Å². The summed E-state index contributed by atoms with van der Waals surface area (Å²) in [7, 11) is 0. The average molecular weight is 450 g/mol. The number of nitrogens with zero attached hydrogens (tertiary/aromatic N) is 3. The van der Waals surface area contributed by atoms with Gasteiger partial charge in [-0.1, -0.05) is 6.07 Å². The number of anilines is 2. The minimum atomic E-state index is -4.83. The Morgan fingerprint density at radius 1 is 1.16 bits per heavy atom. The van der Waals surface area contributed by atoms with Crippen LogP contribution in [0.25, 0.3) is 10.6 Å². The number of halogens is 4. The number of benzene rings is 1. The molecule has 31 heavy (non-hydrogen) atoms. The number of carbonyl (C=O) groups is 1. The van der Waals surface area contributed by atoms with Crippen LogP contribution in [0.4, 0.5) is 29.1 Å². The molecule has 4 rings (SSSR count). The Kier molecular flexibility index (Phi) is 5.90. The zero-order valence-electron chi connectivity index (χ0n) is 16.2. The van der Waals surface area contributed by atoms with Gasteiger partial charge in [-0.25, -0.2) is 4.39 Å². The first-order chi connectivity index (χ1) is 14.8. The number of hydrogen-bond acceptors (Lipinski definition) is 5. The van der Waals surface area contributed by atoms with Gasteiger partial charge in [-0.05, 0) is 54.6 Å². The van der Waals surface area contributed by atoms with Gasteiger partial charge in [0.2, 0.25) is 5.91 Å². The van der Waals surface area contributed by atoms with Crippen molar-refractivity contribution in [2.45, 2.75) is 19.0 Å². The summed E-state index contributed by atoms with van der Waals surface area (Å²) >= 11 is 1.56. The van der Waals surface area contributed by atoms with Crippen LogP contribution in [-0.4, -0.2) is 29.2 Å². The zero-order valence-corrected chi connectivity index (χ0v) is 17.0. The molecule has 0 spiro atoms. The predicted octanol–water partition coefficient (Wildman–Crippen LogP) is 5.22. The lowest BCUT2D eigenvalue weighted by atomic mass is 9.97. The zero-order chi connectivity index (χ0) is 22.0. The maximum Gasteiger partial charge on any atom is 0.419 e. The molecular formula is C21H18F4N4OS. The van der Waals surface area contributed by atoms with Crippen molar-refractivity contribution in [1.82, 2.24) is 10.2 Å². The van der Waals surface area contributed by atoms with E-state index in [2.05, 4.69) is 15.5 Å². The summed E-state index contributed by atoms with van der Waals surface area (Å²) in [6.07, 6.45) is -3.51. The molecule has 1 unspecified atom stereocenters. The number of alkyl halides is 3. The van der Waals surface area contributed by atoms with Gasteiger partial charge in [-0.15, -0.1) is 21.5 Å². The molecule has 1 aliphatic heterocycles. The second-order valence-corrected chi connectivity index (χ2v) is 8.17. The molecule has 1 N–H and O–H groups in total. The number of amides is 1. The third-order valence-electron chi connectivity index (χ3n) is 5.08. The third kappa shape index (κ3) is 4.84. The first kappa shape index (κ1) is 21.2. The summed E-state index contributed by atoms with van der Waals surface area (Å²) in [5.74, 6) is -1.59. The van der Waals surface area contributed by atoms with Crippen molar-refractivity contribution in [2.75, 3.05) is 23.3 Å². The van der Waals surface area contributed by atoms with Crippen LogP contribution >= 0.6 is 11.3 Å². The Bertz CT molecular complexity index is 1050. The molecule has 1 amide bonds. The van der Waals surface area contributed by atoms with Crippen LogP contribution in [0.2, 0.25) is 0 Å². The molecule has 1 fully saturated rings. The summed E-state index contributed by atoms with van der Waals surface area (Å²) in [4.78, 5) is 15.6. The Hall–Kier alpha value is -3.01. The van der Waals surface area contributed by atoms with Crippen LogP contribution in [0.5, 0.6) is 0 Å². The Morgan fingerprint density at radius 2 is 2.00 bits per heavy atom. The van der Waals surface area contributed by atoms with Gasteiger partial charge in [0.05, 0.1) is 16.4 Å². The lowest BCUT2D eigenvalue weighted by molar-refractivity contribution is -0.140. The van der Waals surface area contributed by atoms with Crippen molar-refractivity contribution >= 4 is 28.7 Å². The van der Waals surface area contributed by atoms with E-state index in [9.17, 15) is 22.4 Å². The van der Waals surface area contributed by atoms with Crippen LogP contribution in [0, 0.1) is 11.7 Å². The van der Waals surface area contributed by atoms with Crippen molar-refractivity contribution in [3.8, 4) is 10.6 Å². The van der Waals surface area contributed by atoms with Gasteiger partial charge in [0, 0.05) is 18.8 Å². The first-order valence-corrected chi connectivity index (χ1v) is 10.5. The van der Waals surface area contributed by atoms with E-state index in [0.29, 0.717) is 37.5 Å². The molecule has 0 radical (unpaired) electrons. The SMILES string of the molecule is O=C(Nc1ccc(F)c(C(F)(F)F)c1)C1CCCN(c2ccc(-c3cccs3)nn2)C1. The van der Waals surface area contributed by atoms with E-state index in [0.717, 1.165) is 23.1 Å². The largest absolute Gasteiger partial charge is 0.419 e. The summed E-state index contributed by atoms with van der Waals surface area (Å²) in [6, 6.07) is 10.0. The molecule has 2 aromatic heterocycles. The number of carbonyl (C=O) groups excluding carboxylic acids is 1. The number of piperidine rings is 1. The second kappa shape index (κ2) is 8.62. The summed E-state index contributed by atoms with van der Waals surface area (Å²) in [5, 5.41) is 13.0. The quantitative estimate of drug-likeness (QED) is 0.554. The highest BCUT2D eigenvalue weighted by Crippen LogP contribution is 2.33. The number of thiophene rings is 1. The van der Waals surface area contributed by atoms with Crippen molar-refractivity contribution in [3.63, 3.8) is 0 Å². The van der Waals surface area contributed by atoms with E-state index < -0.39 is 29.4 Å². The Balaban J connectivity index is 1.43. The minimum Gasteiger partial charge on any atom is -0.354 e. The smallest absolute Gasteiger partial charge is 0.354 e. The number of aromatic nitrogens is 2. The molecule has 5 nitrogen and oxygen atoms in total. The maximum absolute atomic E-state index is 13.5. The van der Waals surface area contributed by atoms with Crippen molar-refractivity contribution < 1.29 is 22.4 Å². The highest BCUT2D eigenvalue weighted by atomic mass is 32.1. The van der Waals surface area contributed by atoms with Crippen LogP contribution < -0.4 is 10.2 Å². The first-order valence-electron chi connectivity index (χ1n) is 9.61. The molecule has 1 aromatic carbocycles. The van der Waals surface area contributed by atoms with Crippen molar-refractivity contribution in [2.24, 2.45) is 5.92 Å². The van der Waals surface area contributed by atoms with Gasteiger partial charge >= 0.3 is 6.18 Å². The molecule has 0 bridgehead atoms. The lowest BCUT2D eigenvalue weighted by Gasteiger charge is -2.32. The third-order valence-corrected chi connectivity index (χ3v) is 5.97. The monoisotopic (exact) mass is 450 g/mol. The number of nitrogens with one attached hydrogen (secondary N) is 1. The molecule has 1 saturated heterocycles. The van der Waals surface area contributed by atoms with Gasteiger partial charge in [-0.2, -0.15) is 13.2 Å². The van der Waals surface area contributed by atoms with Crippen molar-refractivity contribution in [1.29, 1.82) is 0 Å². The number of hydrogen-bond donors (Lipinski definition) is 1. The summed E-state index contributed by atoms with van der Waals surface area (Å²) in [6.45, 7) is 1.07. The van der Waals surface area contributed by atoms with E-state index in [1.807, 2.05) is 34.5 Å². The van der Waals surface area contributed by atoms with E-state index in [4.69, 9.17) is 0 Å². The maximum atomic E-state index is 13.5. The van der Waals surface area contributed by atoms with Crippen LogP contribution in [0.3, 0.4) is 0 Å². The Morgan fingerprint density at radius 3 is 2.68 bits per heavy atom. The molecule has 1 aliphatic rings. The highest BCUT2D eigenvalue weighted by molar-refractivity contribution is 7.13. The molecule has 162 valence electrons. The normalized spacial score (nSPS) is 16.9. The fraction of sp³-hybridized carbons (Fsp3) is 0.286. The molecule has 0 saturated carbocycles. The summed E-state index contributed by atoms with van der Waals surface area (Å²) < 4.78 is 52.2. The van der Waals surface area contributed by atoms with Crippen molar-refractivity contribution in [3.05, 3.63) is 59.2 Å². The standard InChI is InChI=1S/C21H18F4N4OS/c22-16-6-5-14(11-15(16)21(23,24)25)26-20(30)13-3-1-9-29(12-13)19-8-7-17(27-28-19)18-4-2-10-31-18/h2,4-8,10-11,13H,1,3,9,12H2,(H,26,30). The average Bonchev–Trinajstić information content (AvgIpc) is 3.29. The van der Waals surface area contributed by atoms with E-state index in [1.54, 1.807) is 11.3 Å². The second-order valence-electron chi connectivity index (χ2n) is 7.22. The predicted molar refractivity (Wildman–Crippen MR) is 110 cm³/mol. The molecule has 3 heterocycles. The van der Waals surface area contributed by atoms with Gasteiger partial charge in [0.15, 0.2) is 5.82 Å². The highest BCUT2D eigenvalue weighted by Gasteiger charge is 2.34. The summed E-state index contributed by atoms with van der Waals surface area (Å²) in [5.41, 5.74) is -0.727. The Labute approximate surface area is 179 Å². The molecule has 0 aliphatic carbocycles. The van der Waals surface area contributed by atoms with E-state index in [-0.39, 0.29) is 5.69 Å². The molecular weight excluding hydrogens is 432 g/mol. The fourth-order valence-corrected chi connectivity index (χ4v) is 4.20. The van der Waals surface area contributed by atoms with Gasteiger partial charge in [-0.3, -0.25) is 4.79 Å². The fourth-order valence-electron chi connectivity index (χ4n) is 3.51. The van der Waals surface area contributed by atoms with E-state index >= 15 is 0 Å². The van der Waals surface area contributed by atoms with Gasteiger partial charge < -0.3 is 10.2 Å². The van der Waals surface area contributed by atoms with Gasteiger partial charge in [0.1, 0.15) is 11.5 Å². The van der Waals surface area contributed by atoms with Gasteiger partial charge in [0.25, 0.3) is 0 Å². The molecule has 1 atom stereocenters. The lowest BCUT2D eigenvalue weighted by Crippen LogP contribution is -2.41. The molecule has 3 aromatic rings.